The fourth-order valence-corrected chi connectivity index (χ4v) is 4.04. The lowest BCUT2D eigenvalue weighted by Gasteiger charge is -2.45. The van der Waals surface area contributed by atoms with Gasteiger partial charge < -0.3 is 5.32 Å². The van der Waals surface area contributed by atoms with Crippen LogP contribution in [0.4, 0.5) is 5.69 Å². The van der Waals surface area contributed by atoms with Crippen LogP contribution in [0.5, 0.6) is 0 Å². The quantitative estimate of drug-likeness (QED) is 0.831. The summed E-state index contributed by atoms with van der Waals surface area (Å²) in [7, 11) is 0. The molecule has 0 atom stereocenters. The minimum atomic E-state index is 0.358. The van der Waals surface area contributed by atoms with E-state index in [4.69, 9.17) is 0 Å². The second-order valence-electron chi connectivity index (χ2n) is 7.92. The van der Waals surface area contributed by atoms with Gasteiger partial charge in [0, 0.05) is 6.04 Å². The highest BCUT2D eigenvalue weighted by atomic mass is 14.9. The number of benzene rings is 1. The fraction of sp³-hybridized carbons (Fsp3) is 0.611. The molecule has 1 aromatic rings. The van der Waals surface area contributed by atoms with Crippen LogP contribution in [-0.4, -0.2) is 6.04 Å². The molecule has 0 aromatic heterocycles. The van der Waals surface area contributed by atoms with Gasteiger partial charge in [-0.3, -0.25) is 0 Å². The van der Waals surface area contributed by atoms with Crippen LogP contribution >= 0.6 is 0 Å². The van der Waals surface area contributed by atoms with Crippen LogP contribution < -0.4 is 5.32 Å². The standard InChI is InChI=1S/C18H26N2/c1-13-6-7-16(14(8-13)11-19)20-15-9-17(2,3)12-18(4,5)10-15/h6-8,15,20H,9-10,12H2,1-5H3. The molecule has 1 N–H and O–H groups in total. The van der Waals surface area contributed by atoms with Gasteiger partial charge in [-0.15, -0.1) is 0 Å². The van der Waals surface area contributed by atoms with Crippen molar-refractivity contribution in [2.24, 2.45) is 10.8 Å². The number of hydrogen-bond acceptors (Lipinski definition) is 2. The van der Waals surface area contributed by atoms with Crippen LogP contribution in [0.2, 0.25) is 0 Å². The molecule has 0 aliphatic heterocycles. The third-order valence-electron chi connectivity index (χ3n) is 4.21. The summed E-state index contributed by atoms with van der Waals surface area (Å²) < 4.78 is 0. The van der Waals surface area contributed by atoms with E-state index in [9.17, 15) is 5.26 Å². The van der Waals surface area contributed by atoms with Crippen molar-refractivity contribution in [1.29, 1.82) is 5.26 Å². The first-order valence-electron chi connectivity index (χ1n) is 7.48. The largest absolute Gasteiger partial charge is 0.381 e. The summed E-state index contributed by atoms with van der Waals surface area (Å²) >= 11 is 0. The summed E-state index contributed by atoms with van der Waals surface area (Å²) in [6, 6.07) is 8.83. The van der Waals surface area contributed by atoms with Gasteiger partial charge in [0.05, 0.1) is 11.3 Å². The van der Waals surface area contributed by atoms with Crippen molar-refractivity contribution in [1.82, 2.24) is 0 Å². The van der Waals surface area contributed by atoms with Gasteiger partial charge in [0.1, 0.15) is 6.07 Å². The number of rotatable bonds is 2. The molecule has 1 aromatic carbocycles. The zero-order chi connectivity index (χ0) is 15.0. The second-order valence-corrected chi connectivity index (χ2v) is 7.92. The van der Waals surface area contributed by atoms with Crippen molar-refractivity contribution < 1.29 is 0 Å². The van der Waals surface area contributed by atoms with Crippen LogP contribution in [-0.2, 0) is 0 Å². The average molecular weight is 270 g/mol. The van der Waals surface area contributed by atoms with Crippen molar-refractivity contribution in [2.45, 2.75) is 59.9 Å². The van der Waals surface area contributed by atoms with Gasteiger partial charge in [-0.1, -0.05) is 33.8 Å². The maximum Gasteiger partial charge on any atom is 0.101 e. The third kappa shape index (κ3) is 3.54. The topological polar surface area (TPSA) is 35.8 Å². The van der Waals surface area contributed by atoms with Gasteiger partial charge in [0.25, 0.3) is 0 Å². The highest BCUT2D eigenvalue weighted by Crippen LogP contribution is 2.46. The number of hydrogen-bond donors (Lipinski definition) is 1. The highest BCUT2D eigenvalue weighted by molar-refractivity contribution is 5.59. The average Bonchev–Trinajstić information content (AvgIpc) is 2.27. The fourth-order valence-electron chi connectivity index (χ4n) is 4.04. The monoisotopic (exact) mass is 270 g/mol. The maximum absolute atomic E-state index is 9.29. The van der Waals surface area contributed by atoms with Crippen LogP contribution in [0.15, 0.2) is 18.2 Å². The van der Waals surface area contributed by atoms with E-state index in [1.54, 1.807) is 0 Å². The summed E-state index contributed by atoms with van der Waals surface area (Å²) in [5.74, 6) is 0. The lowest BCUT2D eigenvalue weighted by atomic mass is 9.63. The third-order valence-corrected chi connectivity index (χ3v) is 4.21. The molecule has 1 aliphatic carbocycles. The minimum Gasteiger partial charge on any atom is -0.381 e. The smallest absolute Gasteiger partial charge is 0.101 e. The van der Waals surface area contributed by atoms with Gasteiger partial charge in [0.2, 0.25) is 0 Å². The second kappa shape index (κ2) is 5.13. The summed E-state index contributed by atoms with van der Waals surface area (Å²) in [4.78, 5) is 0. The number of nitriles is 1. The molecule has 2 nitrogen and oxygen atoms in total. The lowest BCUT2D eigenvalue weighted by Crippen LogP contribution is -2.40. The first-order valence-corrected chi connectivity index (χ1v) is 7.48. The Kier molecular flexibility index (Phi) is 3.82. The first kappa shape index (κ1) is 14.9. The van der Waals surface area contributed by atoms with E-state index in [1.165, 1.54) is 6.42 Å². The van der Waals surface area contributed by atoms with Gasteiger partial charge in [-0.2, -0.15) is 5.26 Å². The van der Waals surface area contributed by atoms with Crippen molar-refractivity contribution in [3.8, 4) is 6.07 Å². The number of nitrogens with one attached hydrogen (secondary N) is 1. The number of nitrogens with zero attached hydrogens (tertiary/aromatic N) is 1. The molecule has 0 radical (unpaired) electrons. The predicted octanol–water partition coefficient (Wildman–Crippen LogP) is 4.88. The summed E-state index contributed by atoms with van der Waals surface area (Å²) in [5, 5.41) is 12.9. The molecular formula is C18H26N2. The summed E-state index contributed by atoms with van der Waals surface area (Å²) in [6.07, 6.45) is 3.58. The number of anilines is 1. The van der Waals surface area contributed by atoms with Crippen molar-refractivity contribution in [2.75, 3.05) is 5.32 Å². The molecule has 2 heteroatoms. The molecule has 0 unspecified atom stereocenters. The van der Waals surface area contributed by atoms with E-state index in [0.717, 1.165) is 29.7 Å². The summed E-state index contributed by atoms with van der Waals surface area (Å²) in [5.41, 5.74) is 3.59. The first-order chi connectivity index (χ1) is 9.21. The van der Waals surface area contributed by atoms with Crippen LogP contribution in [0.3, 0.4) is 0 Å². The number of aryl methyl sites for hydroxylation is 1. The lowest BCUT2D eigenvalue weighted by molar-refractivity contribution is 0.105. The van der Waals surface area contributed by atoms with Gasteiger partial charge in [-0.05, 0) is 54.7 Å². The molecule has 0 bridgehead atoms. The Bertz CT molecular complexity index is 519. The Morgan fingerprint density at radius 1 is 1.15 bits per heavy atom. The zero-order valence-corrected chi connectivity index (χ0v) is 13.4. The van der Waals surface area contributed by atoms with Gasteiger partial charge >= 0.3 is 0 Å². The molecule has 0 amide bonds. The molecule has 1 saturated carbocycles. The van der Waals surface area contributed by atoms with E-state index in [2.05, 4.69) is 45.1 Å². The Hall–Kier alpha value is -1.49. The predicted molar refractivity (Wildman–Crippen MR) is 84.7 cm³/mol. The molecule has 2 rings (SSSR count). The Balaban J connectivity index is 2.20. The van der Waals surface area contributed by atoms with Crippen LogP contribution in [0.1, 0.15) is 58.1 Å². The van der Waals surface area contributed by atoms with Gasteiger partial charge in [0.15, 0.2) is 0 Å². The molecule has 20 heavy (non-hydrogen) atoms. The van der Waals surface area contributed by atoms with Crippen LogP contribution in [0, 0.1) is 29.1 Å². The van der Waals surface area contributed by atoms with E-state index >= 15 is 0 Å². The van der Waals surface area contributed by atoms with Crippen molar-refractivity contribution in [3.63, 3.8) is 0 Å². The molecule has 0 saturated heterocycles. The normalized spacial score (nSPS) is 21.2. The molecule has 0 spiro atoms. The maximum atomic E-state index is 9.29. The van der Waals surface area contributed by atoms with Crippen LogP contribution in [0.25, 0.3) is 0 Å². The van der Waals surface area contributed by atoms with Gasteiger partial charge in [-0.25, -0.2) is 0 Å². The molecule has 0 heterocycles. The Morgan fingerprint density at radius 3 is 2.30 bits per heavy atom. The van der Waals surface area contributed by atoms with Crippen molar-refractivity contribution in [3.05, 3.63) is 29.3 Å². The molecular weight excluding hydrogens is 244 g/mol. The zero-order valence-electron chi connectivity index (χ0n) is 13.4. The van der Waals surface area contributed by atoms with E-state index in [1.807, 2.05) is 19.1 Å². The molecule has 1 fully saturated rings. The van der Waals surface area contributed by atoms with E-state index < -0.39 is 0 Å². The molecule has 108 valence electrons. The van der Waals surface area contributed by atoms with E-state index in [-0.39, 0.29) is 0 Å². The Morgan fingerprint density at radius 2 is 1.75 bits per heavy atom. The minimum absolute atomic E-state index is 0.358. The van der Waals surface area contributed by atoms with Crippen molar-refractivity contribution >= 4 is 5.69 Å². The Labute approximate surface area is 123 Å². The van der Waals surface area contributed by atoms with E-state index in [0.29, 0.717) is 16.9 Å². The highest BCUT2D eigenvalue weighted by Gasteiger charge is 2.38. The SMILES string of the molecule is Cc1ccc(NC2CC(C)(C)CC(C)(C)C2)c(C#N)c1. The summed E-state index contributed by atoms with van der Waals surface area (Å²) in [6.45, 7) is 11.4. The molecule has 1 aliphatic rings.